The Morgan fingerprint density at radius 1 is 1.12 bits per heavy atom. The van der Waals surface area contributed by atoms with Crippen LogP contribution < -0.4 is 15.4 Å². The number of nitrogens with zero attached hydrogens (tertiary/aromatic N) is 1. The highest BCUT2D eigenvalue weighted by molar-refractivity contribution is 7.90. The minimum Gasteiger partial charge on any atom is -0.385 e. The van der Waals surface area contributed by atoms with Crippen LogP contribution >= 0.6 is 11.5 Å². The van der Waals surface area contributed by atoms with E-state index in [1.807, 2.05) is 18.2 Å². The average Bonchev–Trinajstić information content (AvgIpc) is 3.28. The van der Waals surface area contributed by atoms with Gasteiger partial charge in [0, 0.05) is 36.9 Å². The number of carbonyl (C=O) groups excluding carboxylic acids is 1. The van der Waals surface area contributed by atoms with Gasteiger partial charge in [0.2, 0.25) is 15.9 Å². The molecule has 1 aliphatic rings. The standard InChI is InChI=1S/C23H34N4O3S2/c1-23(2,3)32(29,30)27-19-10-8-17(9-11-19)22(28)25-14-5-13-24-20-7-4-6-18(16-20)21-12-15-26-31-21/h4,6-7,12,15-17,19,24,27H,5,8-11,13-14H2,1-3H3,(H,25,28). The Morgan fingerprint density at radius 3 is 2.53 bits per heavy atom. The summed E-state index contributed by atoms with van der Waals surface area (Å²) in [5.41, 5.74) is 2.20. The Labute approximate surface area is 195 Å². The molecule has 1 amide bonds. The van der Waals surface area contributed by atoms with Crippen LogP contribution in [0.15, 0.2) is 36.5 Å². The number of carbonyl (C=O) groups is 1. The van der Waals surface area contributed by atoms with Gasteiger partial charge in [-0.3, -0.25) is 4.79 Å². The maximum Gasteiger partial charge on any atom is 0.223 e. The second-order valence-electron chi connectivity index (χ2n) is 9.31. The summed E-state index contributed by atoms with van der Waals surface area (Å²) in [5, 5.41) is 6.44. The largest absolute Gasteiger partial charge is 0.385 e. The number of sulfonamides is 1. The van der Waals surface area contributed by atoms with Crippen LogP contribution in [0.25, 0.3) is 10.4 Å². The van der Waals surface area contributed by atoms with Gasteiger partial charge in [0.25, 0.3) is 0 Å². The summed E-state index contributed by atoms with van der Waals surface area (Å²) < 4.78 is 30.8. The quantitative estimate of drug-likeness (QED) is 0.473. The van der Waals surface area contributed by atoms with E-state index < -0.39 is 14.8 Å². The molecule has 9 heteroatoms. The highest BCUT2D eigenvalue weighted by Crippen LogP contribution is 2.27. The summed E-state index contributed by atoms with van der Waals surface area (Å²) >= 11 is 1.48. The van der Waals surface area contributed by atoms with Crippen LogP contribution in [0.5, 0.6) is 0 Å². The van der Waals surface area contributed by atoms with E-state index in [0.717, 1.165) is 29.1 Å². The molecule has 1 aliphatic carbocycles. The molecule has 1 heterocycles. The molecular weight excluding hydrogens is 444 g/mol. The molecule has 0 spiro atoms. The van der Waals surface area contributed by atoms with Crippen LogP contribution in [0.1, 0.15) is 52.9 Å². The molecule has 0 saturated heterocycles. The van der Waals surface area contributed by atoms with Gasteiger partial charge in [-0.2, -0.15) is 0 Å². The Bertz CT molecular complexity index is 977. The maximum atomic E-state index is 12.5. The second kappa shape index (κ2) is 10.8. The van der Waals surface area contributed by atoms with Gasteiger partial charge in [-0.25, -0.2) is 17.5 Å². The molecule has 2 aromatic rings. The third-order valence-electron chi connectivity index (χ3n) is 5.79. The Kier molecular flexibility index (Phi) is 8.30. The Morgan fingerprint density at radius 2 is 1.88 bits per heavy atom. The predicted octanol–water partition coefficient (Wildman–Crippen LogP) is 4.01. The van der Waals surface area contributed by atoms with Crippen molar-refractivity contribution in [1.82, 2.24) is 14.4 Å². The molecule has 176 valence electrons. The van der Waals surface area contributed by atoms with E-state index in [2.05, 4.69) is 31.9 Å². The summed E-state index contributed by atoms with van der Waals surface area (Å²) in [5.74, 6) is 0.0451. The molecule has 1 fully saturated rings. The van der Waals surface area contributed by atoms with Crippen LogP contribution in [-0.2, 0) is 14.8 Å². The molecule has 3 rings (SSSR count). The monoisotopic (exact) mass is 478 g/mol. The Hall–Kier alpha value is -1.97. The molecule has 0 aliphatic heterocycles. The zero-order chi connectivity index (χ0) is 23.2. The first-order valence-corrected chi connectivity index (χ1v) is 13.5. The van der Waals surface area contributed by atoms with Crippen molar-refractivity contribution in [1.29, 1.82) is 0 Å². The highest BCUT2D eigenvalue weighted by Gasteiger charge is 2.33. The summed E-state index contributed by atoms with van der Waals surface area (Å²) in [6.45, 7) is 6.48. The second-order valence-corrected chi connectivity index (χ2v) is 12.6. The number of hydrogen-bond donors (Lipinski definition) is 3. The zero-order valence-electron chi connectivity index (χ0n) is 19.1. The summed E-state index contributed by atoms with van der Waals surface area (Å²) in [4.78, 5) is 13.6. The highest BCUT2D eigenvalue weighted by atomic mass is 32.2. The molecule has 3 N–H and O–H groups in total. The van der Waals surface area contributed by atoms with Gasteiger partial charge in [0.1, 0.15) is 0 Å². The lowest BCUT2D eigenvalue weighted by atomic mass is 9.86. The lowest BCUT2D eigenvalue weighted by molar-refractivity contribution is -0.126. The van der Waals surface area contributed by atoms with E-state index in [4.69, 9.17) is 0 Å². The fourth-order valence-electron chi connectivity index (χ4n) is 3.69. The number of amides is 1. The van der Waals surface area contributed by atoms with Crippen molar-refractivity contribution in [2.75, 3.05) is 18.4 Å². The number of rotatable bonds is 9. The first kappa shape index (κ1) is 24.7. The Balaban J connectivity index is 1.34. The van der Waals surface area contributed by atoms with Crippen molar-refractivity contribution in [3.63, 3.8) is 0 Å². The van der Waals surface area contributed by atoms with E-state index in [1.165, 1.54) is 11.5 Å². The molecule has 0 bridgehead atoms. The van der Waals surface area contributed by atoms with Gasteiger partial charge >= 0.3 is 0 Å². The van der Waals surface area contributed by atoms with Gasteiger partial charge in [0.05, 0.1) is 9.62 Å². The van der Waals surface area contributed by atoms with Gasteiger partial charge in [0.15, 0.2) is 0 Å². The number of aromatic nitrogens is 1. The summed E-state index contributed by atoms with van der Waals surface area (Å²) in [6, 6.07) is 10.2. The molecule has 32 heavy (non-hydrogen) atoms. The van der Waals surface area contributed by atoms with E-state index in [0.29, 0.717) is 32.2 Å². The van der Waals surface area contributed by atoms with Gasteiger partial charge in [-0.15, -0.1) is 0 Å². The van der Waals surface area contributed by atoms with Gasteiger partial charge in [-0.1, -0.05) is 12.1 Å². The van der Waals surface area contributed by atoms with E-state index in [1.54, 1.807) is 27.0 Å². The summed E-state index contributed by atoms with van der Waals surface area (Å²) in [7, 11) is -3.35. The van der Waals surface area contributed by atoms with Gasteiger partial charge in [-0.05, 0) is 88.2 Å². The van der Waals surface area contributed by atoms with Crippen molar-refractivity contribution in [3.05, 3.63) is 36.5 Å². The smallest absolute Gasteiger partial charge is 0.223 e. The van der Waals surface area contributed by atoms with Crippen molar-refractivity contribution in [3.8, 4) is 10.4 Å². The first-order valence-electron chi connectivity index (χ1n) is 11.2. The maximum absolute atomic E-state index is 12.5. The minimum atomic E-state index is -3.35. The van der Waals surface area contributed by atoms with Crippen molar-refractivity contribution in [2.24, 2.45) is 5.92 Å². The molecule has 1 aromatic carbocycles. The molecule has 1 aromatic heterocycles. The molecule has 1 saturated carbocycles. The fourth-order valence-corrected chi connectivity index (χ4v) is 5.31. The number of anilines is 1. The van der Waals surface area contributed by atoms with E-state index in [-0.39, 0.29) is 17.9 Å². The van der Waals surface area contributed by atoms with Crippen molar-refractivity contribution < 1.29 is 13.2 Å². The fraction of sp³-hybridized carbons (Fsp3) is 0.565. The van der Waals surface area contributed by atoms with Crippen LogP contribution in [-0.4, -0.2) is 42.6 Å². The lowest BCUT2D eigenvalue weighted by Crippen LogP contribution is -2.46. The third-order valence-corrected chi connectivity index (χ3v) is 8.84. The molecule has 0 radical (unpaired) electrons. The van der Waals surface area contributed by atoms with Gasteiger partial charge < -0.3 is 10.6 Å². The zero-order valence-corrected chi connectivity index (χ0v) is 20.7. The molecule has 0 unspecified atom stereocenters. The molecule has 7 nitrogen and oxygen atoms in total. The first-order chi connectivity index (χ1) is 15.2. The van der Waals surface area contributed by atoms with Crippen LogP contribution in [0.2, 0.25) is 0 Å². The minimum absolute atomic E-state index is 0.0329. The normalized spacial score (nSPS) is 19.5. The number of benzene rings is 1. The number of nitrogens with one attached hydrogen (secondary N) is 3. The SMILES string of the molecule is CC(C)(C)S(=O)(=O)NC1CCC(C(=O)NCCCNc2cccc(-c3ccns3)c2)CC1. The van der Waals surface area contributed by atoms with Crippen molar-refractivity contribution in [2.45, 2.75) is 63.7 Å². The van der Waals surface area contributed by atoms with Crippen molar-refractivity contribution >= 4 is 33.2 Å². The third kappa shape index (κ3) is 6.76. The molecule has 0 atom stereocenters. The predicted molar refractivity (Wildman–Crippen MR) is 131 cm³/mol. The molecular formula is C23H34N4O3S2. The van der Waals surface area contributed by atoms with Crippen LogP contribution in [0.4, 0.5) is 5.69 Å². The average molecular weight is 479 g/mol. The van der Waals surface area contributed by atoms with Crippen LogP contribution in [0.3, 0.4) is 0 Å². The topological polar surface area (TPSA) is 100 Å². The number of hydrogen-bond acceptors (Lipinski definition) is 6. The van der Waals surface area contributed by atoms with Crippen LogP contribution in [0, 0.1) is 5.92 Å². The van der Waals surface area contributed by atoms with E-state index in [9.17, 15) is 13.2 Å². The summed E-state index contributed by atoms with van der Waals surface area (Å²) in [6.07, 6.45) is 5.46. The van der Waals surface area contributed by atoms with E-state index >= 15 is 0 Å². The lowest BCUT2D eigenvalue weighted by Gasteiger charge is -2.30.